The van der Waals surface area contributed by atoms with E-state index in [-0.39, 0.29) is 0 Å². The van der Waals surface area contributed by atoms with Crippen LogP contribution in [0, 0.1) is 0 Å². The number of thiazole rings is 1. The number of thiophene rings is 1. The average Bonchev–Trinajstić information content (AvgIpc) is 3.20. The Morgan fingerprint density at radius 2 is 2.00 bits per heavy atom. The van der Waals surface area contributed by atoms with E-state index >= 15 is 0 Å². The number of benzene rings is 1. The van der Waals surface area contributed by atoms with Gasteiger partial charge >= 0.3 is 0 Å². The molecule has 3 nitrogen and oxygen atoms in total. The standard InChI is InChI=1S/C16H16N2OS2/c19-15(13-6-7-20-10-13)8-17-9-16-18-14(11-21-16)12-4-2-1-3-5-12/h1-7,10-11,15,17,19H,8-9H2. The van der Waals surface area contributed by atoms with E-state index in [9.17, 15) is 5.11 Å². The highest BCUT2D eigenvalue weighted by Gasteiger charge is 2.08. The second kappa shape index (κ2) is 6.95. The third kappa shape index (κ3) is 3.77. The molecule has 0 aliphatic carbocycles. The van der Waals surface area contributed by atoms with Crippen molar-refractivity contribution in [1.29, 1.82) is 0 Å². The summed E-state index contributed by atoms with van der Waals surface area (Å²) in [5.41, 5.74) is 3.12. The second-order valence-electron chi connectivity index (χ2n) is 4.70. The molecule has 0 radical (unpaired) electrons. The Morgan fingerprint density at radius 1 is 1.14 bits per heavy atom. The maximum absolute atomic E-state index is 10.00. The normalized spacial score (nSPS) is 12.4. The fourth-order valence-corrected chi connectivity index (χ4v) is 3.51. The van der Waals surface area contributed by atoms with Crippen molar-refractivity contribution in [2.75, 3.05) is 6.54 Å². The topological polar surface area (TPSA) is 45.1 Å². The zero-order valence-corrected chi connectivity index (χ0v) is 13.0. The molecule has 1 aromatic carbocycles. The average molecular weight is 316 g/mol. The molecule has 0 spiro atoms. The molecule has 2 N–H and O–H groups in total. The minimum atomic E-state index is -0.454. The van der Waals surface area contributed by atoms with Crippen molar-refractivity contribution in [1.82, 2.24) is 10.3 Å². The lowest BCUT2D eigenvalue weighted by Gasteiger charge is -2.09. The molecule has 21 heavy (non-hydrogen) atoms. The van der Waals surface area contributed by atoms with Gasteiger partial charge in [-0.1, -0.05) is 30.3 Å². The summed E-state index contributed by atoms with van der Waals surface area (Å²) in [7, 11) is 0. The molecule has 0 aliphatic heterocycles. The van der Waals surface area contributed by atoms with Crippen molar-refractivity contribution < 1.29 is 5.11 Å². The first-order valence-electron chi connectivity index (χ1n) is 6.73. The first-order valence-corrected chi connectivity index (χ1v) is 8.56. The van der Waals surface area contributed by atoms with E-state index in [1.54, 1.807) is 22.7 Å². The van der Waals surface area contributed by atoms with Gasteiger partial charge in [-0.3, -0.25) is 0 Å². The highest BCUT2D eigenvalue weighted by Crippen LogP contribution is 2.21. The van der Waals surface area contributed by atoms with Gasteiger partial charge in [-0.05, 0) is 22.4 Å². The van der Waals surface area contributed by atoms with Crippen LogP contribution in [0.5, 0.6) is 0 Å². The lowest BCUT2D eigenvalue weighted by molar-refractivity contribution is 0.175. The van der Waals surface area contributed by atoms with Crippen molar-refractivity contribution in [3.8, 4) is 11.3 Å². The van der Waals surface area contributed by atoms with Gasteiger partial charge in [-0.2, -0.15) is 11.3 Å². The maximum atomic E-state index is 10.00. The van der Waals surface area contributed by atoms with E-state index in [0.717, 1.165) is 21.8 Å². The molecule has 0 bridgehead atoms. The summed E-state index contributed by atoms with van der Waals surface area (Å²) in [5.74, 6) is 0. The van der Waals surface area contributed by atoms with Gasteiger partial charge < -0.3 is 10.4 Å². The molecule has 3 aromatic rings. The summed E-state index contributed by atoms with van der Waals surface area (Å²) in [6.07, 6.45) is -0.454. The molecule has 0 aliphatic rings. The first kappa shape index (κ1) is 14.4. The van der Waals surface area contributed by atoms with Crippen LogP contribution >= 0.6 is 22.7 Å². The Morgan fingerprint density at radius 3 is 2.76 bits per heavy atom. The Labute approximate surface area is 131 Å². The number of aromatic nitrogens is 1. The zero-order chi connectivity index (χ0) is 14.5. The molecular weight excluding hydrogens is 300 g/mol. The Hall–Kier alpha value is -1.53. The zero-order valence-electron chi connectivity index (χ0n) is 11.4. The number of rotatable bonds is 6. The minimum Gasteiger partial charge on any atom is -0.387 e. The van der Waals surface area contributed by atoms with Crippen LogP contribution in [0.4, 0.5) is 0 Å². The molecule has 0 fully saturated rings. The monoisotopic (exact) mass is 316 g/mol. The van der Waals surface area contributed by atoms with Crippen LogP contribution in [0.3, 0.4) is 0 Å². The molecule has 0 amide bonds. The van der Waals surface area contributed by atoms with E-state index in [0.29, 0.717) is 13.1 Å². The van der Waals surface area contributed by atoms with Gasteiger partial charge in [0.05, 0.1) is 11.8 Å². The summed E-state index contributed by atoms with van der Waals surface area (Å²) < 4.78 is 0. The fourth-order valence-electron chi connectivity index (χ4n) is 2.03. The SMILES string of the molecule is OC(CNCc1nc(-c2ccccc2)cs1)c1ccsc1. The van der Waals surface area contributed by atoms with E-state index in [1.807, 2.05) is 35.0 Å². The third-order valence-electron chi connectivity index (χ3n) is 3.16. The van der Waals surface area contributed by atoms with Crippen molar-refractivity contribution in [2.24, 2.45) is 0 Å². The van der Waals surface area contributed by atoms with E-state index in [2.05, 4.69) is 27.8 Å². The van der Waals surface area contributed by atoms with Gasteiger partial charge in [0.15, 0.2) is 0 Å². The molecule has 5 heteroatoms. The van der Waals surface area contributed by atoms with Gasteiger partial charge in [-0.15, -0.1) is 11.3 Å². The van der Waals surface area contributed by atoms with Crippen molar-refractivity contribution >= 4 is 22.7 Å². The number of aliphatic hydroxyl groups excluding tert-OH is 1. The predicted octanol–water partition coefficient (Wildman–Crippen LogP) is 3.69. The fraction of sp³-hybridized carbons (Fsp3) is 0.188. The highest BCUT2D eigenvalue weighted by molar-refractivity contribution is 7.10. The van der Waals surface area contributed by atoms with E-state index in [1.165, 1.54) is 0 Å². The van der Waals surface area contributed by atoms with Crippen LogP contribution in [-0.4, -0.2) is 16.6 Å². The molecule has 2 aromatic heterocycles. The number of hydrogen-bond donors (Lipinski definition) is 2. The Kier molecular flexibility index (Phi) is 4.77. The highest BCUT2D eigenvalue weighted by atomic mass is 32.1. The number of aliphatic hydroxyl groups is 1. The van der Waals surface area contributed by atoms with Crippen molar-refractivity contribution in [2.45, 2.75) is 12.6 Å². The summed E-state index contributed by atoms with van der Waals surface area (Å²) in [4.78, 5) is 4.62. The second-order valence-corrected chi connectivity index (χ2v) is 6.42. The Bertz CT molecular complexity index is 665. The van der Waals surface area contributed by atoms with Crippen LogP contribution in [-0.2, 0) is 6.54 Å². The number of nitrogens with one attached hydrogen (secondary N) is 1. The first-order chi connectivity index (χ1) is 10.3. The molecular formula is C16H16N2OS2. The largest absolute Gasteiger partial charge is 0.387 e. The quantitative estimate of drug-likeness (QED) is 0.729. The third-order valence-corrected chi connectivity index (χ3v) is 4.71. The molecule has 0 saturated heterocycles. The van der Waals surface area contributed by atoms with Crippen LogP contribution < -0.4 is 5.32 Å². The van der Waals surface area contributed by atoms with Gasteiger partial charge in [-0.25, -0.2) is 4.98 Å². The van der Waals surface area contributed by atoms with Gasteiger partial charge in [0, 0.05) is 24.0 Å². The lowest BCUT2D eigenvalue weighted by Crippen LogP contribution is -2.20. The Balaban J connectivity index is 1.54. The predicted molar refractivity (Wildman–Crippen MR) is 88.5 cm³/mol. The lowest BCUT2D eigenvalue weighted by atomic mass is 10.2. The van der Waals surface area contributed by atoms with Crippen LogP contribution in [0.15, 0.2) is 52.5 Å². The van der Waals surface area contributed by atoms with Gasteiger partial charge in [0.25, 0.3) is 0 Å². The van der Waals surface area contributed by atoms with E-state index < -0.39 is 6.10 Å². The van der Waals surface area contributed by atoms with Gasteiger partial charge in [0.2, 0.25) is 0 Å². The summed E-state index contributed by atoms with van der Waals surface area (Å²) >= 11 is 3.24. The maximum Gasteiger partial charge on any atom is 0.107 e. The van der Waals surface area contributed by atoms with Crippen LogP contribution in [0.2, 0.25) is 0 Å². The molecule has 0 saturated carbocycles. The summed E-state index contributed by atoms with van der Waals surface area (Å²) in [5, 5.41) is 20.3. The van der Waals surface area contributed by atoms with Gasteiger partial charge in [0.1, 0.15) is 5.01 Å². The van der Waals surface area contributed by atoms with Crippen molar-refractivity contribution in [3.05, 3.63) is 63.1 Å². The van der Waals surface area contributed by atoms with Crippen molar-refractivity contribution in [3.63, 3.8) is 0 Å². The molecule has 3 rings (SSSR count). The smallest absolute Gasteiger partial charge is 0.107 e. The van der Waals surface area contributed by atoms with Crippen LogP contribution in [0.25, 0.3) is 11.3 Å². The summed E-state index contributed by atoms with van der Waals surface area (Å²) in [6, 6.07) is 12.1. The molecule has 108 valence electrons. The molecule has 1 atom stereocenters. The summed E-state index contributed by atoms with van der Waals surface area (Å²) in [6.45, 7) is 1.22. The molecule has 1 unspecified atom stereocenters. The minimum absolute atomic E-state index is 0.454. The van der Waals surface area contributed by atoms with Crippen LogP contribution in [0.1, 0.15) is 16.7 Å². The van der Waals surface area contributed by atoms with E-state index in [4.69, 9.17) is 0 Å². The number of hydrogen-bond acceptors (Lipinski definition) is 5. The number of nitrogens with zero attached hydrogens (tertiary/aromatic N) is 1. The molecule has 2 heterocycles.